The number of carbonyl (C=O) groups is 1. The average Bonchev–Trinajstić information content (AvgIpc) is 2.64. The molecular weight excluding hydrogens is 356 g/mol. The van der Waals surface area contributed by atoms with E-state index in [1.54, 1.807) is 18.2 Å². The summed E-state index contributed by atoms with van der Waals surface area (Å²) in [6, 6.07) is 12.9. The van der Waals surface area contributed by atoms with Gasteiger partial charge in [0.05, 0.1) is 17.1 Å². The lowest BCUT2D eigenvalue weighted by atomic mass is 9.84. The molecule has 26 heavy (non-hydrogen) atoms. The zero-order valence-electron chi connectivity index (χ0n) is 14.1. The molecule has 1 fully saturated rings. The summed E-state index contributed by atoms with van der Waals surface area (Å²) < 4.78 is 0. The Morgan fingerprint density at radius 1 is 1.19 bits per heavy atom. The number of rotatable bonds is 5. The number of nitro benzene ring substituents is 1. The second kappa shape index (κ2) is 7.53. The minimum atomic E-state index is -0.921. The summed E-state index contributed by atoms with van der Waals surface area (Å²) in [5.41, 5.74) is 0.145. The third kappa shape index (κ3) is 4.09. The molecular formula is C19H19ClN2O4. The molecule has 1 aliphatic rings. The maximum Gasteiger partial charge on any atom is 0.270 e. The molecule has 1 saturated heterocycles. The maximum absolute atomic E-state index is 12.4. The van der Waals surface area contributed by atoms with Crippen LogP contribution in [0.3, 0.4) is 0 Å². The molecule has 1 aliphatic heterocycles. The number of halogens is 1. The zero-order valence-corrected chi connectivity index (χ0v) is 14.9. The molecule has 136 valence electrons. The fraction of sp³-hybridized carbons (Fsp3) is 0.316. The van der Waals surface area contributed by atoms with Crippen molar-refractivity contribution in [1.29, 1.82) is 0 Å². The Bertz CT molecular complexity index is 815. The van der Waals surface area contributed by atoms with Gasteiger partial charge in [0.2, 0.25) is 0 Å². The van der Waals surface area contributed by atoms with Crippen LogP contribution in [0.5, 0.6) is 0 Å². The van der Waals surface area contributed by atoms with Gasteiger partial charge in [-0.25, -0.2) is 0 Å². The number of non-ortho nitro benzene ring substituents is 1. The highest BCUT2D eigenvalue weighted by atomic mass is 35.5. The number of piperidine rings is 1. The molecule has 0 bridgehead atoms. The number of ketones is 1. The van der Waals surface area contributed by atoms with Gasteiger partial charge in [0.25, 0.3) is 5.69 Å². The second-order valence-corrected chi connectivity index (χ2v) is 6.98. The molecule has 0 amide bonds. The second-order valence-electron chi connectivity index (χ2n) is 6.55. The standard InChI is InChI=1S/C19H19ClN2O4/c20-16-6-4-15(5-7-16)19(24)8-10-21(11-9-19)13-18(23)14-2-1-3-17(12-14)22(25)26/h1-7,12,24H,8-11,13H2. The van der Waals surface area contributed by atoms with E-state index < -0.39 is 10.5 Å². The van der Waals surface area contributed by atoms with Gasteiger partial charge >= 0.3 is 0 Å². The van der Waals surface area contributed by atoms with Crippen LogP contribution >= 0.6 is 11.6 Å². The van der Waals surface area contributed by atoms with Gasteiger partial charge in [-0.3, -0.25) is 19.8 Å². The van der Waals surface area contributed by atoms with Crippen LogP contribution < -0.4 is 0 Å². The van der Waals surface area contributed by atoms with Crippen molar-refractivity contribution in [2.24, 2.45) is 0 Å². The minimum absolute atomic E-state index is 0.0911. The third-order valence-corrected chi connectivity index (χ3v) is 5.06. The number of hydrogen-bond acceptors (Lipinski definition) is 5. The monoisotopic (exact) mass is 374 g/mol. The number of hydrogen-bond donors (Lipinski definition) is 1. The molecule has 1 heterocycles. The fourth-order valence-electron chi connectivity index (χ4n) is 3.22. The summed E-state index contributed by atoms with van der Waals surface area (Å²) in [4.78, 5) is 24.7. The normalized spacial score (nSPS) is 17.0. The zero-order chi connectivity index (χ0) is 18.7. The first-order valence-electron chi connectivity index (χ1n) is 8.36. The van der Waals surface area contributed by atoms with Crippen molar-refractivity contribution >= 4 is 23.1 Å². The van der Waals surface area contributed by atoms with Gasteiger partial charge in [0.1, 0.15) is 0 Å². The smallest absolute Gasteiger partial charge is 0.270 e. The van der Waals surface area contributed by atoms with E-state index in [-0.39, 0.29) is 18.0 Å². The number of nitrogens with zero attached hydrogens (tertiary/aromatic N) is 2. The van der Waals surface area contributed by atoms with Crippen molar-refractivity contribution in [2.45, 2.75) is 18.4 Å². The summed E-state index contributed by atoms with van der Waals surface area (Å²) in [6.45, 7) is 1.32. The number of aliphatic hydroxyl groups is 1. The molecule has 6 nitrogen and oxygen atoms in total. The number of likely N-dealkylation sites (tertiary alicyclic amines) is 1. The number of benzene rings is 2. The van der Waals surface area contributed by atoms with E-state index in [0.717, 1.165) is 5.56 Å². The van der Waals surface area contributed by atoms with Crippen LogP contribution in [0.2, 0.25) is 5.02 Å². The van der Waals surface area contributed by atoms with Crippen molar-refractivity contribution in [1.82, 2.24) is 4.90 Å². The summed E-state index contributed by atoms with van der Waals surface area (Å²) in [5, 5.41) is 22.3. The average molecular weight is 375 g/mol. The van der Waals surface area contributed by atoms with Gasteiger partial charge in [-0.1, -0.05) is 35.9 Å². The molecule has 7 heteroatoms. The lowest BCUT2D eigenvalue weighted by molar-refractivity contribution is -0.384. The van der Waals surface area contributed by atoms with Crippen LogP contribution in [0, 0.1) is 10.1 Å². The predicted octanol–water partition coefficient (Wildman–Crippen LogP) is 3.41. The molecule has 0 aliphatic carbocycles. The quantitative estimate of drug-likeness (QED) is 0.492. The fourth-order valence-corrected chi connectivity index (χ4v) is 3.34. The van der Waals surface area contributed by atoms with Crippen LogP contribution in [-0.4, -0.2) is 40.3 Å². The van der Waals surface area contributed by atoms with Gasteiger partial charge in [-0.05, 0) is 30.5 Å². The van der Waals surface area contributed by atoms with Crippen LogP contribution in [0.4, 0.5) is 5.69 Å². The third-order valence-electron chi connectivity index (χ3n) is 4.81. The van der Waals surface area contributed by atoms with Crippen molar-refractivity contribution in [3.05, 3.63) is 74.8 Å². The molecule has 0 radical (unpaired) electrons. The van der Waals surface area contributed by atoms with E-state index in [9.17, 15) is 20.0 Å². The van der Waals surface area contributed by atoms with Crippen LogP contribution in [0.25, 0.3) is 0 Å². The van der Waals surface area contributed by atoms with E-state index in [4.69, 9.17) is 11.6 Å². The Balaban J connectivity index is 1.61. The Labute approximate surface area is 156 Å². The van der Waals surface area contributed by atoms with E-state index in [1.807, 2.05) is 17.0 Å². The number of Topliss-reactive ketones (excluding diaryl/α,β-unsaturated/α-hetero) is 1. The van der Waals surface area contributed by atoms with Crippen molar-refractivity contribution < 1.29 is 14.8 Å². The largest absolute Gasteiger partial charge is 0.385 e. The first kappa shape index (κ1) is 18.5. The molecule has 0 spiro atoms. The Morgan fingerprint density at radius 3 is 2.46 bits per heavy atom. The molecule has 2 aromatic carbocycles. The van der Waals surface area contributed by atoms with Crippen molar-refractivity contribution in [2.75, 3.05) is 19.6 Å². The van der Waals surface area contributed by atoms with Crippen molar-refractivity contribution in [3.8, 4) is 0 Å². The van der Waals surface area contributed by atoms with E-state index >= 15 is 0 Å². The Hall–Kier alpha value is -2.28. The first-order chi connectivity index (χ1) is 12.4. The SMILES string of the molecule is O=C(CN1CCC(O)(c2ccc(Cl)cc2)CC1)c1cccc([N+](=O)[O-])c1. The van der Waals surface area contributed by atoms with Gasteiger partial charge in [-0.2, -0.15) is 0 Å². The van der Waals surface area contributed by atoms with Crippen LogP contribution in [0.1, 0.15) is 28.8 Å². The first-order valence-corrected chi connectivity index (χ1v) is 8.74. The molecule has 0 unspecified atom stereocenters. The van der Waals surface area contributed by atoms with Crippen LogP contribution in [-0.2, 0) is 5.60 Å². The molecule has 2 aromatic rings. The molecule has 0 aromatic heterocycles. The summed E-state index contributed by atoms with van der Waals surface area (Å²) in [7, 11) is 0. The summed E-state index contributed by atoms with van der Waals surface area (Å²) >= 11 is 5.90. The maximum atomic E-state index is 12.4. The lowest BCUT2D eigenvalue weighted by Crippen LogP contribution is -2.44. The Kier molecular flexibility index (Phi) is 5.36. The van der Waals surface area contributed by atoms with E-state index in [0.29, 0.717) is 36.5 Å². The van der Waals surface area contributed by atoms with Crippen LogP contribution in [0.15, 0.2) is 48.5 Å². The van der Waals surface area contributed by atoms with Gasteiger partial charge < -0.3 is 5.11 Å². The van der Waals surface area contributed by atoms with E-state index in [1.165, 1.54) is 18.2 Å². The molecule has 0 saturated carbocycles. The summed E-state index contributed by atoms with van der Waals surface area (Å²) in [5.74, 6) is -0.161. The number of nitro groups is 1. The molecule has 0 atom stereocenters. The highest BCUT2D eigenvalue weighted by molar-refractivity contribution is 6.30. The molecule has 1 N–H and O–H groups in total. The highest BCUT2D eigenvalue weighted by Gasteiger charge is 2.34. The predicted molar refractivity (Wildman–Crippen MR) is 98.4 cm³/mol. The lowest BCUT2D eigenvalue weighted by Gasteiger charge is -2.38. The van der Waals surface area contributed by atoms with Crippen molar-refractivity contribution in [3.63, 3.8) is 0 Å². The molecule has 3 rings (SSSR count). The minimum Gasteiger partial charge on any atom is -0.385 e. The van der Waals surface area contributed by atoms with Gasteiger partial charge in [0, 0.05) is 35.8 Å². The topological polar surface area (TPSA) is 83.7 Å². The Morgan fingerprint density at radius 2 is 1.85 bits per heavy atom. The highest BCUT2D eigenvalue weighted by Crippen LogP contribution is 2.33. The van der Waals surface area contributed by atoms with Gasteiger partial charge in [0.15, 0.2) is 5.78 Å². The summed E-state index contributed by atoms with van der Waals surface area (Å²) in [6.07, 6.45) is 1.02. The van der Waals surface area contributed by atoms with Gasteiger partial charge in [-0.15, -0.1) is 0 Å². The van der Waals surface area contributed by atoms with E-state index in [2.05, 4.69) is 0 Å². The number of carbonyl (C=O) groups excluding carboxylic acids is 1.